The van der Waals surface area contributed by atoms with Gasteiger partial charge in [0.1, 0.15) is 0 Å². The van der Waals surface area contributed by atoms with Gasteiger partial charge in [-0.3, -0.25) is 0 Å². The van der Waals surface area contributed by atoms with Crippen molar-refractivity contribution in [2.45, 2.75) is 64.2 Å². The molecular formula is C15H28ClN. The summed E-state index contributed by atoms with van der Waals surface area (Å²) in [5, 5.41) is 3.66. The molecule has 0 aliphatic heterocycles. The summed E-state index contributed by atoms with van der Waals surface area (Å²) >= 11 is 0. The fraction of sp³-hybridized carbons (Fsp3) is 0.867. The van der Waals surface area contributed by atoms with Gasteiger partial charge in [0, 0.05) is 0 Å². The first-order chi connectivity index (χ1) is 7.95. The number of allylic oxidation sites excluding steroid dienone is 1. The molecule has 0 aromatic rings. The van der Waals surface area contributed by atoms with Crippen LogP contribution in [-0.2, 0) is 0 Å². The van der Waals surface area contributed by atoms with Gasteiger partial charge in [0.05, 0.1) is 0 Å². The Balaban J connectivity index is 0.00000144. The standard InChI is InChI=1S/C15H27N.ClH/c1-3-7-14(8-4-1)11-12-16-13-15-9-5-2-6-10-15;/h7,15-16H,1-6,8-13H2;1H. The number of rotatable bonds is 5. The first kappa shape index (κ1) is 15.0. The molecule has 0 bridgehead atoms. The smallest absolute Gasteiger partial charge is 0.00115 e. The van der Waals surface area contributed by atoms with Crippen LogP contribution >= 0.6 is 12.4 Å². The summed E-state index contributed by atoms with van der Waals surface area (Å²) < 4.78 is 0. The Kier molecular flexibility index (Phi) is 7.96. The van der Waals surface area contributed by atoms with Gasteiger partial charge in [0.2, 0.25) is 0 Å². The van der Waals surface area contributed by atoms with Crippen LogP contribution in [0.1, 0.15) is 64.2 Å². The quantitative estimate of drug-likeness (QED) is 0.566. The minimum Gasteiger partial charge on any atom is -0.316 e. The van der Waals surface area contributed by atoms with Gasteiger partial charge in [-0.15, -0.1) is 12.4 Å². The first-order valence-electron chi connectivity index (χ1n) is 7.34. The van der Waals surface area contributed by atoms with E-state index in [2.05, 4.69) is 11.4 Å². The molecule has 1 N–H and O–H groups in total. The maximum atomic E-state index is 3.66. The van der Waals surface area contributed by atoms with Crippen LogP contribution in [-0.4, -0.2) is 13.1 Å². The Bertz CT molecular complexity index is 219. The van der Waals surface area contributed by atoms with Crippen molar-refractivity contribution in [2.24, 2.45) is 5.92 Å². The SMILES string of the molecule is C1=C(CCNCC2CCCCC2)CCCC1.Cl. The van der Waals surface area contributed by atoms with Gasteiger partial charge in [0.15, 0.2) is 0 Å². The van der Waals surface area contributed by atoms with Crippen molar-refractivity contribution in [1.82, 2.24) is 5.32 Å². The average molecular weight is 258 g/mol. The van der Waals surface area contributed by atoms with Crippen LogP contribution in [0, 0.1) is 5.92 Å². The third kappa shape index (κ3) is 5.92. The second-order valence-corrected chi connectivity index (χ2v) is 5.57. The summed E-state index contributed by atoms with van der Waals surface area (Å²) in [6.45, 7) is 2.48. The molecule has 1 fully saturated rings. The van der Waals surface area contributed by atoms with Crippen LogP contribution in [0.25, 0.3) is 0 Å². The molecule has 2 rings (SSSR count). The zero-order valence-corrected chi connectivity index (χ0v) is 11.9. The first-order valence-corrected chi connectivity index (χ1v) is 7.34. The highest BCUT2D eigenvalue weighted by atomic mass is 35.5. The van der Waals surface area contributed by atoms with Gasteiger partial charge >= 0.3 is 0 Å². The Labute approximate surface area is 113 Å². The van der Waals surface area contributed by atoms with Crippen LogP contribution in [0.3, 0.4) is 0 Å². The molecule has 2 aliphatic carbocycles. The summed E-state index contributed by atoms with van der Waals surface area (Å²) in [6.07, 6.45) is 16.7. The van der Waals surface area contributed by atoms with E-state index in [1.165, 1.54) is 77.3 Å². The van der Waals surface area contributed by atoms with Crippen molar-refractivity contribution in [3.63, 3.8) is 0 Å². The van der Waals surface area contributed by atoms with Crippen LogP contribution in [0.5, 0.6) is 0 Å². The molecule has 0 spiro atoms. The average Bonchev–Trinajstić information content (AvgIpc) is 2.37. The minimum atomic E-state index is 0. The van der Waals surface area contributed by atoms with Crippen molar-refractivity contribution < 1.29 is 0 Å². The van der Waals surface area contributed by atoms with E-state index in [1.807, 2.05) is 0 Å². The van der Waals surface area contributed by atoms with Crippen LogP contribution < -0.4 is 5.32 Å². The molecule has 0 amide bonds. The lowest BCUT2D eigenvalue weighted by Crippen LogP contribution is -2.25. The summed E-state index contributed by atoms with van der Waals surface area (Å²) in [5.74, 6) is 0.981. The molecule has 0 heterocycles. The molecule has 17 heavy (non-hydrogen) atoms. The summed E-state index contributed by atoms with van der Waals surface area (Å²) in [5.41, 5.74) is 1.71. The number of hydrogen-bond donors (Lipinski definition) is 1. The molecular weight excluding hydrogens is 230 g/mol. The molecule has 0 saturated heterocycles. The third-order valence-electron chi connectivity index (χ3n) is 4.17. The molecule has 100 valence electrons. The van der Waals surface area contributed by atoms with E-state index in [0.29, 0.717) is 0 Å². The molecule has 0 atom stereocenters. The van der Waals surface area contributed by atoms with Gasteiger partial charge in [-0.05, 0) is 64.0 Å². The van der Waals surface area contributed by atoms with Gasteiger partial charge in [-0.1, -0.05) is 30.9 Å². The monoisotopic (exact) mass is 257 g/mol. The van der Waals surface area contributed by atoms with Crippen LogP contribution in [0.4, 0.5) is 0 Å². The van der Waals surface area contributed by atoms with E-state index >= 15 is 0 Å². The fourth-order valence-corrected chi connectivity index (χ4v) is 3.08. The predicted molar refractivity (Wildman–Crippen MR) is 77.9 cm³/mol. The fourth-order valence-electron chi connectivity index (χ4n) is 3.08. The topological polar surface area (TPSA) is 12.0 Å². The van der Waals surface area contributed by atoms with E-state index in [1.54, 1.807) is 5.57 Å². The van der Waals surface area contributed by atoms with Crippen molar-refractivity contribution in [3.8, 4) is 0 Å². The Morgan fingerprint density at radius 1 is 1.06 bits per heavy atom. The van der Waals surface area contributed by atoms with Crippen molar-refractivity contribution >= 4 is 12.4 Å². The van der Waals surface area contributed by atoms with Gasteiger partial charge in [-0.25, -0.2) is 0 Å². The lowest BCUT2D eigenvalue weighted by molar-refractivity contribution is 0.343. The summed E-state index contributed by atoms with van der Waals surface area (Å²) in [7, 11) is 0. The summed E-state index contributed by atoms with van der Waals surface area (Å²) in [6, 6.07) is 0. The van der Waals surface area contributed by atoms with Crippen molar-refractivity contribution in [2.75, 3.05) is 13.1 Å². The molecule has 0 aromatic carbocycles. The van der Waals surface area contributed by atoms with Gasteiger partial charge in [0.25, 0.3) is 0 Å². The molecule has 2 aliphatic rings. The molecule has 0 aromatic heterocycles. The molecule has 0 unspecified atom stereocenters. The second kappa shape index (κ2) is 8.99. The molecule has 1 saturated carbocycles. The predicted octanol–water partition coefficient (Wildman–Crippen LogP) is 4.47. The highest BCUT2D eigenvalue weighted by Crippen LogP contribution is 2.23. The normalized spacial score (nSPS) is 21.8. The second-order valence-electron chi connectivity index (χ2n) is 5.57. The highest BCUT2D eigenvalue weighted by molar-refractivity contribution is 5.85. The Hall–Kier alpha value is -0.0100. The van der Waals surface area contributed by atoms with Crippen LogP contribution in [0.15, 0.2) is 11.6 Å². The lowest BCUT2D eigenvalue weighted by atomic mass is 9.89. The van der Waals surface area contributed by atoms with Crippen LogP contribution in [0.2, 0.25) is 0 Å². The Morgan fingerprint density at radius 3 is 2.59 bits per heavy atom. The molecule has 1 nitrogen and oxygen atoms in total. The minimum absolute atomic E-state index is 0. The van der Waals surface area contributed by atoms with E-state index in [9.17, 15) is 0 Å². The van der Waals surface area contributed by atoms with E-state index in [-0.39, 0.29) is 12.4 Å². The van der Waals surface area contributed by atoms with Gasteiger partial charge in [-0.2, -0.15) is 0 Å². The number of hydrogen-bond acceptors (Lipinski definition) is 1. The maximum absolute atomic E-state index is 3.66. The number of halogens is 1. The number of nitrogens with one attached hydrogen (secondary N) is 1. The largest absolute Gasteiger partial charge is 0.316 e. The van der Waals surface area contributed by atoms with Crippen molar-refractivity contribution in [3.05, 3.63) is 11.6 Å². The third-order valence-corrected chi connectivity index (χ3v) is 4.17. The summed E-state index contributed by atoms with van der Waals surface area (Å²) in [4.78, 5) is 0. The highest BCUT2D eigenvalue weighted by Gasteiger charge is 2.12. The lowest BCUT2D eigenvalue weighted by Gasteiger charge is -2.22. The maximum Gasteiger partial charge on any atom is -0.00115 e. The van der Waals surface area contributed by atoms with E-state index in [4.69, 9.17) is 0 Å². The Morgan fingerprint density at radius 2 is 1.88 bits per heavy atom. The van der Waals surface area contributed by atoms with Crippen molar-refractivity contribution in [1.29, 1.82) is 0 Å². The van der Waals surface area contributed by atoms with E-state index in [0.717, 1.165) is 5.92 Å². The zero-order valence-electron chi connectivity index (χ0n) is 11.0. The molecule has 2 heteroatoms. The van der Waals surface area contributed by atoms with Gasteiger partial charge < -0.3 is 5.32 Å². The van der Waals surface area contributed by atoms with E-state index < -0.39 is 0 Å². The molecule has 0 radical (unpaired) electrons. The zero-order chi connectivity index (χ0) is 11.1.